The number of nitrogens with zero attached hydrogens (tertiary/aromatic N) is 3. The zero-order valence-corrected chi connectivity index (χ0v) is 22.9. The second-order valence-corrected chi connectivity index (χ2v) is 11.2. The van der Waals surface area contributed by atoms with Crippen LogP contribution in [0.2, 0.25) is 0 Å². The molecule has 0 aliphatic carbocycles. The molecule has 0 aliphatic rings. The number of thiazole rings is 1. The van der Waals surface area contributed by atoms with Gasteiger partial charge in [0.05, 0.1) is 34.9 Å². The Balaban J connectivity index is 1.94. The van der Waals surface area contributed by atoms with Crippen LogP contribution in [0.3, 0.4) is 0 Å². The third-order valence-corrected chi connectivity index (χ3v) is 8.80. The van der Waals surface area contributed by atoms with Crippen molar-refractivity contribution in [3.63, 3.8) is 0 Å². The van der Waals surface area contributed by atoms with E-state index in [0.717, 1.165) is 21.3 Å². The van der Waals surface area contributed by atoms with Gasteiger partial charge in [0.1, 0.15) is 0 Å². The molecule has 0 N–H and O–H groups in total. The van der Waals surface area contributed by atoms with Gasteiger partial charge < -0.3 is 18.8 Å². The molecule has 1 heterocycles. The zero-order chi connectivity index (χ0) is 26.3. The molecule has 0 bridgehead atoms. The Morgan fingerprint density at radius 1 is 0.972 bits per heavy atom. The van der Waals surface area contributed by atoms with Crippen molar-refractivity contribution < 1.29 is 27.4 Å². The number of methoxy groups -OCH3 is 3. The van der Waals surface area contributed by atoms with Gasteiger partial charge in [0.25, 0.3) is 5.91 Å². The van der Waals surface area contributed by atoms with E-state index in [1.165, 1.54) is 54.1 Å². The average Bonchev–Trinajstić information content (AvgIpc) is 3.19. The van der Waals surface area contributed by atoms with Gasteiger partial charge in [-0.05, 0) is 55.3 Å². The Hall–Kier alpha value is -2.41. The molecular weight excluding hydrogens is 502 g/mol. The van der Waals surface area contributed by atoms with Gasteiger partial charge in [-0.2, -0.15) is 9.30 Å². The van der Waals surface area contributed by atoms with Crippen LogP contribution in [-0.2, 0) is 30.8 Å². The smallest absolute Gasteiger partial charge is 0.279 e. The predicted octanol–water partition coefficient (Wildman–Crippen LogP) is 2.99. The summed E-state index contributed by atoms with van der Waals surface area (Å²) in [5.41, 5.74) is 3.56. The van der Waals surface area contributed by atoms with Gasteiger partial charge in [-0.1, -0.05) is 17.4 Å². The Morgan fingerprint density at radius 3 is 2.17 bits per heavy atom. The van der Waals surface area contributed by atoms with Crippen LogP contribution in [0.25, 0.3) is 10.2 Å². The predicted molar refractivity (Wildman–Crippen MR) is 140 cm³/mol. The lowest BCUT2D eigenvalue weighted by atomic mass is 10.1. The fourth-order valence-corrected chi connectivity index (χ4v) is 6.32. The number of aryl methyl sites for hydroxylation is 2. The number of hydrogen-bond acceptors (Lipinski definition) is 7. The molecule has 0 fully saturated rings. The minimum Gasteiger partial charge on any atom is -0.383 e. The summed E-state index contributed by atoms with van der Waals surface area (Å²) < 4.78 is 45.9. The number of carbonyl (C=O) groups is 1. The molecule has 0 saturated carbocycles. The molecule has 0 atom stereocenters. The third kappa shape index (κ3) is 6.47. The van der Waals surface area contributed by atoms with Gasteiger partial charge in [0.2, 0.25) is 10.0 Å². The highest BCUT2D eigenvalue weighted by molar-refractivity contribution is 7.89. The van der Waals surface area contributed by atoms with Crippen molar-refractivity contribution in [3.05, 3.63) is 57.9 Å². The Morgan fingerprint density at radius 2 is 1.58 bits per heavy atom. The van der Waals surface area contributed by atoms with Crippen LogP contribution in [0.5, 0.6) is 0 Å². The van der Waals surface area contributed by atoms with Crippen molar-refractivity contribution in [3.8, 4) is 0 Å². The molecule has 3 rings (SSSR count). The van der Waals surface area contributed by atoms with Crippen LogP contribution in [0.15, 0.2) is 46.3 Å². The lowest BCUT2D eigenvalue weighted by Crippen LogP contribution is -2.36. The van der Waals surface area contributed by atoms with Crippen molar-refractivity contribution >= 4 is 37.5 Å². The van der Waals surface area contributed by atoms with Gasteiger partial charge >= 0.3 is 0 Å². The minimum absolute atomic E-state index is 0.0920. The molecular formula is C25H33N3O6S2. The maximum Gasteiger partial charge on any atom is 0.279 e. The zero-order valence-electron chi connectivity index (χ0n) is 21.3. The Kier molecular flexibility index (Phi) is 9.94. The van der Waals surface area contributed by atoms with E-state index in [4.69, 9.17) is 14.2 Å². The van der Waals surface area contributed by atoms with E-state index >= 15 is 0 Å². The highest BCUT2D eigenvalue weighted by atomic mass is 32.2. The normalized spacial score (nSPS) is 12.7. The number of benzene rings is 2. The summed E-state index contributed by atoms with van der Waals surface area (Å²) in [6.45, 7) is 6.03. The summed E-state index contributed by atoms with van der Waals surface area (Å²) in [7, 11) is 0.893. The third-order valence-electron chi connectivity index (χ3n) is 5.66. The van der Waals surface area contributed by atoms with E-state index < -0.39 is 15.9 Å². The Bertz CT molecular complexity index is 1350. The highest BCUT2D eigenvalue weighted by Gasteiger charge is 2.24. The van der Waals surface area contributed by atoms with Crippen molar-refractivity contribution in [1.29, 1.82) is 0 Å². The number of rotatable bonds is 12. The average molecular weight is 536 g/mol. The number of carbonyl (C=O) groups excluding carboxylic acids is 1. The fourth-order valence-electron chi connectivity index (χ4n) is 3.80. The SMILES string of the molecule is COCCN(CCOC)S(=O)(=O)c1ccc(C(=O)N=c2sc3c(C)cc(C)cc3n2CCOC)cc1. The lowest BCUT2D eigenvalue weighted by Gasteiger charge is -2.21. The standard InChI is InChI=1S/C25H33N3O6S2/c1-18-16-19(2)23-22(17-18)28(12-15-34-5)25(35-23)26-24(29)20-6-8-21(9-7-20)36(30,31)27(10-13-32-3)11-14-33-4/h6-9,16-17H,10-15H2,1-5H3. The molecule has 36 heavy (non-hydrogen) atoms. The molecule has 1 amide bonds. The summed E-state index contributed by atoms with van der Waals surface area (Å²) >= 11 is 1.45. The maximum atomic E-state index is 13.1. The van der Waals surface area contributed by atoms with Crippen LogP contribution in [0.1, 0.15) is 21.5 Å². The summed E-state index contributed by atoms with van der Waals surface area (Å²) in [4.78, 5) is 18.1. The van der Waals surface area contributed by atoms with E-state index in [-0.39, 0.29) is 31.2 Å². The Labute approximate surface area is 216 Å². The first-order valence-corrected chi connectivity index (χ1v) is 13.7. The summed E-state index contributed by atoms with van der Waals surface area (Å²) in [5, 5.41) is 0. The van der Waals surface area contributed by atoms with Gasteiger partial charge in [0, 0.05) is 46.5 Å². The summed E-state index contributed by atoms with van der Waals surface area (Å²) in [6.07, 6.45) is 0. The van der Waals surface area contributed by atoms with Crippen LogP contribution in [0, 0.1) is 13.8 Å². The van der Waals surface area contributed by atoms with Crippen molar-refractivity contribution in [1.82, 2.24) is 8.87 Å². The topological polar surface area (TPSA) is 99.4 Å². The van der Waals surface area contributed by atoms with E-state index in [2.05, 4.69) is 17.1 Å². The number of amides is 1. The highest BCUT2D eigenvalue weighted by Crippen LogP contribution is 2.24. The van der Waals surface area contributed by atoms with E-state index in [1.54, 1.807) is 7.11 Å². The van der Waals surface area contributed by atoms with Crippen molar-refractivity contribution in [2.75, 3.05) is 54.2 Å². The van der Waals surface area contributed by atoms with Crippen LogP contribution in [-0.4, -0.2) is 77.4 Å². The second kappa shape index (κ2) is 12.7. The first-order valence-electron chi connectivity index (χ1n) is 11.5. The number of hydrogen-bond donors (Lipinski definition) is 0. The number of fused-ring (bicyclic) bond motifs is 1. The van der Waals surface area contributed by atoms with Crippen LogP contribution >= 0.6 is 11.3 Å². The van der Waals surface area contributed by atoms with Crippen molar-refractivity contribution in [2.45, 2.75) is 25.3 Å². The molecule has 11 heteroatoms. The molecule has 3 aromatic rings. The summed E-state index contributed by atoms with van der Waals surface area (Å²) in [5.74, 6) is -0.443. The quantitative estimate of drug-likeness (QED) is 0.354. The van der Waals surface area contributed by atoms with Crippen LogP contribution < -0.4 is 4.80 Å². The van der Waals surface area contributed by atoms with Gasteiger partial charge in [-0.3, -0.25) is 4.79 Å². The molecule has 196 valence electrons. The molecule has 0 radical (unpaired) electrons. The molecule has 0 aliphatic heterocycles. The number of aromatic nitrogens is 1. The van der Waals surface area contributed by atoms with Gasteiger partial charge in [-0.25, -0.2) is 8.42 Å². The van der Waals surface area contributed by atoms with E-state index in [0.29, 0.717) is 23.5 Å². The maximum absolute atomic E-state index is 13.1. The monoisotopic (exact) mass is 535 g/mol. The van der Waals surface area contributed by atoms with Crippen LogP contribution in [0.4, 0.5) is 0 Å². The molecule has 0 unspecified atom stereocenters. The molecule has 1 aromatic heterocycles. The van der Waals surface area contributed by atoms with Gasteiger partial charge in [0.15, 0.2) is 4.80 Å². The van der Waals surface area contributed by atoms with E-state index in [1.807, 2.05) is 18.4 Å². The molecule has 2 aromatic carbocycles. The summed E-state index contributed by atoms with van der Waals surface area (Å²) in [6, 6.07) is 10.0. The van der Waals surface area contributed by atoms with E-state index in [9.17, 15) is 13.2 Å². The minimum atomic E-state index is -3.77. The van der Waals surface area contributed by atoms with Gasteiger partial charge in [-0.15, -0.1) is 0 Å². The number of ether oxygens (including phenoxy) is 3. The fraction of sp³-hybridized carbons (Fsp3) is 0.440. The first kappa shape index (κ1) is 28.2. The largest absolute Gasteiger partial charge is 0.383 e. The molecule has 0 saturated heterocycles. The first-order chi connectivity index (χ1) is 17.2. The number of sulfonamides is 1. The molecule has 9 nitrogen and oxygen atoms in total. The van der Waals surface area contributed by atoms with Crippen molar-refractivity contribution in [2.24, 2.45) is 4.99 Å². The second-order valence-electron chi connectivity index (χ2n) is 8.29. The lowest BCUT2D eigenvalue weighted by molar-refractivity contribution is 0.0997. The molecule has 0 spiro atoms.